The predicted molar refractivity (Wildman–Crippen MR) is 127 cm³/mol. The monoisotopic (exact) mass is 420 g/mol. The molecule has 1 atom stereocenters. The fourth-order valence-electron chi connectivity index (χ4n) is 4.77. The first-order valence-corrected chi connectivity index (χ1v) is 11.8. The van der Waals surface area contributed by atoms with Crippen LogP contribution >= 0.6 is 0 Å². The maximum Gasteiger partial charge on any atom is 0.237 e. The fraction of sp³-hybridized carbons (Fsp3) is 0.500. The lowest BCUT2D eigenvalue weighted by Gasteiger charge is -2.37. The Morgan fingerprint density at radius 2 is 1.45 bits per heavy atom. The molecule has 0 bridgehead atoms. The van der Waals surface area contributed by atoms with Gasteiger partial charge >= 0.3 is 0 Å². The minimum Gasteiger partial charge on any atom is -0.382 e. The van der Waals surface area contributed by atoms with E-state index in [1.165, 1.54) is 11.3 Å². The summed E-state index contributed by atoms with van der Waals surface area (Å²) in [6, 6.07) is 21.8. The van der Waals surface area contributed by atoms with Gasteiger partial charge in [0.1, 0.15) is 0 Å². The van der Waals surface area contributed by atoms with E-state index in [0.29, 0.717) is 12.1 Å². The lowest BCUT2D eigenvalue weighted by atomic mass is 10.0. The van der Waals surface area contributed by atoms with Crippen molar-refractivity contribution in [2.45, 2.75) is 57.3 Å². The number of nitrogens with zero attached hydrogens (tertiary/aromatic N) is 2. The van der Waals surface area contributed by atoms with Gasteiger partial charge in [-0.1, -0.05) is 48.5 Å². The van der Waals surface area contributed by atoms with Crippen LogP contribution in [0.1, 0.15) is 38.2 Å². The summed E-state index contributed by atoms with van der Waals surface area (Å²) in [6.07, 6.45) is 4.22. The molecule has 5 heteroatoms. The Hall–Kier alpha value is -2.37. The number of rotatable bonds is 7. The number of carbonyl (C=O) groups is 1. The summed E-state index contributed by atoms with van der Waals surface area (Å²) in [5.74, 6) is 0.191. The normalized spacial score (nSPS) is 20.3. The van der Waals surface area contributed by atoms with Crippen LogP contribution in [0.25, 0.3) is 0 Å². The van der Waals surface area contributed by atoms with Crippen LogP contribution in [0.3, 0.4) is 0 Å². The van der Waals surface area contributed by atoms with Gasteiger partial charge in [-0.05, 0) is 50.3 Å². The van der Waals surface area contributed by atoms with E-state index in [1.54, 1.807) is 0 Å². The van der Waals surface area contributed by atoms with Crippen LogP contribution in [0.2, 0.25) is 0 Å². The number of nitrogens with one attached hydrogen (secondary N) is 2. The third-order valence-corrected chi connectivity index (χ3v) is 6.78. The van der Waals surface area contributed by atoms with Gasteiger partial charge < -0.3 is 10.6 Å². The SMILES string of the molecule is CC(C(=O)NC1CCN(Cc2ccccc2)CC1)N1CCC(Nc2ccccc2)CC1. The molecule has 166 valence electrons. The van der Waals surface area contributed by atoms with E-state index < -0.39 is 0 Å². The van der Waals surface area contributed by atoms with Gasteiger partial charge in [-0.15, -0.1) is 0 Å². The molecule has 2 saturated heterocycles. The average molecular weight is 421 g/mol. The van der Waals surface area contributed by atoms with Crippen molar-refractivity contribution < 1.29 is 4.79 Å². The molecule has 1 unspecified atom stereocenters. The molecular weight excluding hydrogens is 384 g/mol. The summed E-state index contributed by atoms with van der Waals surface area (Å²) in [5, 5.41) is 6.95. The molecule has 0 spiro atoms. The van der Waals surface area contributed by atoms with E-state index in [0.717, 1.165) is 58.4 Å². The van der Waals surface area contributed by atoms with E-state index in [1.807, 2.05) is 6.07 Å². The molecule has 5 nitrogen and oxygen atoms in total. The van der Waals surface area contributed by atoms with Gasteiger partial charge in [-0.3, -0.25) is 14.6 Å². The summed E-state index contributed by atoms with van der Waals surface area (Å²) in [7, 11) is 0. The topological polar surface area (TPSA) is 47.6 Å². The highest BCUT2D eigenvalue weighted by Gasteiger charge is 2.28. The van der Waals surface area contributed by atoms with Crippen LogP contribution in [-0.2, 0) is 11.3 Å². The van der Waals surface area contributed by atoms with Gasteiger partial charge in [0.05, 0.1) is 6.04 Å². The average Bonchev–Trinajstić information content (AvgIpc) is 2.82. The van der Waals surface area contributed by atoms with Crippen molar-refractivity contribution in [2.24, 2.45) is 0 Å². The zero-order valence-corrected chi connectivity index (χ0v) is 18.7. The highest BCUT2D eigenvalue weighted by molar-refractivity contribution is 5.81. The molecule has 0 aliphatic carbocycles. The minimum atomic E-state index is -0.0555. The lowest BCUT2D eigenvalue weighted by molar-refractivity contribution is -0.127. The maximum atomic E-state index is 12.9. The molecule has 2 aliphatic heterocycles. The van der Waals surface area contributed by atoms with Crippen molar-refractivity contribution >= 4 is 11.6 Å². The van der Waals surface area contributed by atoms with Crippen LogP contribution in [0, 0.1) is 0 Å². The molecule has 4 rings (SSSR count). The Bertz CT molecular complexity index is 797. The summed E-state index contributed by atoms with van der Waals surface area (Å²) < 4.78 is 0. The molecule has 2 N–H and O–H groups in total. The van der Waals surface area contributed by atoms with Crippen molar-refractivity contribution in [1.29, 1.82) is 0 Å². The molecule has 2 heterocycles. The number of benzene rings is 2. The van der Waals surface area contributed by atoms with E-state index in [4.69, 9.17) is 0 Å². The first-order chi connectivity index (χ1) is 15.2. The van der Waals surface area contributed by atoms with Gasteiger partial charge in [-0.25, -0.2) is 0 Å². The standard InChI is InChI=1S/C26H36N4O/c1-21(30-18-14-24(15-19-30)27-23-10-6-3-7-11-23)26(31)28-25-12-16-29(17-13-25)20-22-8-4-2-5-9-22/h2-11,21,24-25,27H,12-20H2,1H3,(H,28,31). The molecule has 31 heavy (non-hydrogen) atoms. The molecule has 2 aliphatic rings. The van der Waals surface area contributed by atoms with Crippen molar-refractivity contribution in [3.05, 3.63) is 66.2 Å². The molecule has 2 aromatic carbocycles. The lowest BCUT2D eigenvalue weighted by Crippen LogP contribution is -2.53. The van der Waals surface area contributed by atoms with Crippen LogP contribution < -0.4 is 10.6 Å². The van der Waals surface area contributed by atoms with Crippen molar-refractivity contribution in [3.63, 3.8) is 0 Å². The predicted octanol–water partition coefficient (Wildman–Crippen LogP) is 3.73. The van der Waals surface area contributed by atoms with E-state index in [9.17, 15) is 4.79 Å². The summed E-state index contributed by atoms with van der Waals surface area (Å²) in [5.41, 5.74) is 2.55. The summed E-state index contributed by atoms with van der Waals surface area (Å²) in [6.45, 7) is 7.09. The fourth-order valence-corrected chi connectivity index (χ4v) is 4.77. The highest BCUT2D eigenvalue weighted by atomic mass is 16.2. The Morgan fingerprint density at radius 3 is 2.10 bits per heavy atom. The Labute approximate surface area is 186 Å². The molecule has 0 aromatic heterocycles. The highest BCUT2D eigenvalue weighted by Crippen LogP contribution is 2.19. The number of para-hydroxylation sites is 1. The van der Waals surface area contributed by atoms with Gasteiger partial charge in [0, 0.05) is 50.5 Å². The van der Waals surface area contributed by atoms with Gasteiger partial charge in [0.25, 0.3) is 0 Å². The summed E-state index contributed by atoms with van der Waals surface area (Å²) in [4.78, 5) is 17.7. The van der Waals surface area contributed by atoms with Gasteiger partial charge in [0.2, 0.25) is 5.91 Å². The first-order valence-electron chi connectivity index (χ1n) is 11.8. The maximum absolute atomic E-state index is 12.9. The summed E-state index contributed by atoms with van der Waals surface area (Å²) >= 11 is 0. The number of anilines is 1. The number of likely N-dealkylation sites (tertiary alicyclic amines) is 2. The molecule has 2 aromatic rings. The first kappa shape index (κ1) is 21.8. The van der Waals surface area contributed by atoms with Gasteiger partial charge in [-0.2, -0.15) is 0 Å². The Balaban J connectivity index is 1.16. The second kappa shape index (κ2) is 10.8. The molecular formula is C26H36N4O. The van der Waals surface area contributed by atoms with Crippen LogP contribution in [0.15, 0.2) is 60.7 Å². The number of amides is 1. The molecule has 2 fully saturated rings. The van der Waals surface area contributed by atoms with E-state index in [2.05, 4.69) is 82.0 Å². The third-order valence-electron chi connectivity index (χ3n) is 6.78. The smallest absolute Gasteiger partial charge is 0.237 e. The quantitative estimate of drug-likeness (QED) is 0.717. The van der Waals surface area contributed by atoms with Gasteiger partial charge in [0.15, 0.2) is 0 Å². The molecule has 0 radical (unpaired) electrons. The number of hydrogen-bond donors (Lipinski definition) is 2. The van der Waals surface area contributed by atoms with E-state index >= 15 is 0 Å². The second-order valence-electron chi connectivity index (χ2n) is 9.04. The minimum absolute atomic E-state index is 0.0555. The molecule has 0 saturated carbocycles. The van der Waals surface area contributed by atoms with Crippen molar-refractivity contribution in [1.82, 2.24) is 15.1 Å². The van der Waals surface area contributed by atoms with Crippen LogP contribution in [0.5, 0.6) is 0 Å². The van der Waals surface area contributed by atoms with Crippen molar-refractivity contribution in [2.75, 3.05) is 31.5 Å². The number of hydrogen-bond acceptors (Lipinski definition) is 4. The third kappa shape index (κ3) is 6.31. The van der Waals surface area contributed by atoms with E-state index in [-0.39, 0.29) is 11.9 Å². The second-order valence-corrected chi connectivity index (χ2v) is 9.04. The zero-order valence-electron chi connectivity index (χ0n) is 18.7. The number of piperidine rings is 2. The largest absolute Gasteiger partial charge is 0.382 e. The zero-order chi connectivity index (χ0) is 21.5. The Kier molecular flexibility index (Phi) is 7.60. The van der Waals surface area contributed by atoms with Crippen LogP contribution in [0.4, 0.5) is 5.69 Å². The number of carbonyl (C=O) groups excluding carboxylic acids is 1. The Morgan fingerprint density at radius 1 is 0.871 bits per heavy atom. The van der Waals surface area contributed by atoms with Crippen molar-refractivity contribution in [3.8, 4) is 0 Å². The van der Waals surface area contributed by atoms with Crippen LogP contribution in [-0.4, -0.2) is 60.0 Å². The molecule has 1 amide bonds.